The number of carbonyl (C=O) groups excluding carboxylic acids is 1. The Bertz CT molecular complexity index is 670. The molecule has 0 saturated heterocycles. The van der Waals surface area contributed by atoms with Gasteiger partial charge in [-0.3, -0.25) is 4.79 Å². The van der Waals surface area contributed by atoms with Crippen LogP contribution in [0.4, 0.5) is 10.1 Å². The molecule has 0 saturated carbocycles. The lowest BCUT2D eigenvalue weighted by atomic mass is 10.0. The first-order valence-corrected chi connectivity index (χ1v) is 7.31. The molecule has 0 fully saturated rings. The molecule has 2 aromatic carbocycles. The highest BCUT2D eigenvalue weighted by molar-refractivity contribution is 5.94. The van der Waals surface area contributed by atoms with Gasteiger partial charge < -0.3 is 14.8 Å². The fourth-order valence-electron chi connectivity index (χ4n) is 2.22. The Morgan fingerprint density at radius 3 is 2.43 bits per heavy atom. The maximum atomic E-state index is 12.9. The first-order valence-electron chi connectivity index (χ1n) is 7.31. The summed E-state index contributed by atoms with van der Waals surface area (Å²) in [6.07, 6.45) is 0.532. The molecule has 1 atom stereocenters. The van der Waals surface area contributed by atoms with E-state index in [0.717, 1.165) is 5.56 Å². The SMILES string of the molecule is COc1ccc(NC(=O)C(C)Cc2ccc(F)cc2)c(OC)c1. The van der Waals surface area contributed by atoms with Crippen LogP contribution >= 0.6 is 0 Å². The molecule has 0 heterocycles. The average Bonchev–Trinajstić information content (AvgIpc) is 2.57. The molecule has 1 N–H and O–H groups in total. The number of carbonyl (C=O) groups is 1. The van der Waals surface area contributed by atoms with Crippen molar-refractivity contribution >= 4 is 11.6 Å². The highest BCUT2D eigenvalue weighted by atomic mass is 19.1. The van der Waals surface area contributed by atoms with Crippen molar-refractivity contribution in [3.05, 3.63) is 53.8 Å². The monoisotopic (exact) mass is 317 g/mol. The molecule has 1 amide bonds. The van der Waals surface area contributed by atoms with Gasteiger partial charge >= 0.3 is 0 Å². The van der Waals surface area contributed by atoms with Crippen molar-refractivity contribution in [2.24, 2.45) is 5.92 Å². The van der Waals surface area contributed by atoms with Crippen LogP contribution in [0.15, 0.2) is 42.5 Å². The van der Waals surface area contributed by atoms with E-state index in [2.05, 4.69) is 5.32 Å². The van der Waals surface area contributed by atoms with Gasteiger partial charge in [0.1, 0.15) is 17.3 Å². The number of rotatable bonds is 6. The second kappa shape index (κ2) is 7.63. The van der Waals surface area contributed by atoms with Crippen LogP contribution in [0.5, 0.6) is 11.5 Å². The van der Waals surface area contributed by atoms with Crippen molar-refractivity contribution in [2.75, 3.05) is 19.5 Å². The van der Waals surface area contributed by atoms with Crippen molar-refractivity contribution in [1.29, 1.82) is 0 Å². The minimum absolute atomic E-state index is 0.127. The molecule has 0 aliphatic carbocycles. The number of methoxy groups -OCH3 is 2. The standard InChI is InChI=1S/C18H20FNO3/c1-12(10-13-4-6-14(19)7-5-13)18(21)20-16-9-8-15(22-2)11-17(16)23-3/h4-9,11-12H,10H2,1-3H3,(H,20,21). The normalized spacial score (nSPS) is 11.7. The van der Waals surface area contributed by atoms with E-state index >= 15 is 0 Å². The molecular formula is C18H20FNO3. The van der Waals surface area contributed by atoms with Gasteiger partial charge in [-0.25, -0.2) is 4.39 Å². The highest BCUT2D eigenvalue weighted by Crippen LogP contribution is 2.29. The summed E-state index contributed by atoms with van der Waals surface area (Å²) in [7, 11) is 3.10. The molecule has 0 aliphatic rings. The Labute approximate surface area is 135 Å². The quantitative estimate of drug-likeness (QED) is 0.884. The van der Waals surface area contributed by atoms with E-state index in [1.807, 2.05) is 6.92 Å². The van der Waals surface area contributed by atoms with Crippen LogP contribution in [0, 0.1) is 11.7 Å². The Balaban J connectivity index is 2.04. The van der Waals surface area contributed by atoms with Gasteiger partial charge in [0.2, 0.25) is 5.91 Å². The van der Waals surface area contributed by atoms with E-state index in [1.165, 1.54) is 19.2 Å². The summed E-state index contributed by atoms with van der Waals surface area (Å²) in [6.45, 7) is 1.83. The van der Waals surface area contributed by atoms with E-state index in [-0.39, 0.29) is 17.6 Å². The second-order valence-electron chi connectivity index (χ2n) is 5.29. The van der Waals surface area contributed by atoms with Gasteiger partial charge in [0.05, 0.1) is 19.9 Å². The van der Waals surface area contributed by atoms with Gasteiger partial charge in [0.15, 0.2) is 0 Å². The Morgan fingerprint density at radius 1 is 1.13 bits per heavy atom. The first-order chi connectivity index (χ1) is 11.0. The summed E-state index contributed by atoms with van der Waals surface area (Å²) in [5.41, 5.74) is 1.50. The van der Waals surface area contributed by atoms with E-state index in [4.69, 9.17) is 9.47 Å². The minimum Gasteiger partial charge on any atom is -0.497 e. The Kier molecular flexibility index (Phi) is 5.57. The molecule has 0 aromatic heterocycles. The number of ether oxygens (including phenoxy) is 2. The van der Waals surface area contributed by atoms with Gasteiger partial charge in [0.25, 0.3) is 0 Å². The van der Waals surface area contributed by atoms with Crippen molar-refractivity contribution in [3.8, 4) is 11.5 Å². The fourth-order valence-corrected chi connectivity index (χ4v) is 2.22. The van der Waals surface area contributed by atoms with E-state index in [9.17, 15) is 9.18 Å². The van der Waals surface area contributed by atoms with Gasteiger partial charge in [-0.05, 0) is 36.2 Å². The summed E-state index contributed by atoms with van der Waals surface area (Å²) in [6, 6.07) is 11.4. The fraction of sp³-hybridized carbons (Fsp3) is 0.278. The first kappa shape index (κ1) is 16.8. The van der Waals surface area contributed by atoms with Crippen LogP contribution in [-0.2, 0) is 11.2 Å². The maximum Gasteiger partial charge on any atom is 0.227 e. The van der Waals surface area contributed by atoms with Crippen LogP contribution < -0.4 is 14.8 Å². The van der Waals surface area contributed by atoms with E-state index in [1.54, 1.807) is 37.4 Å². The number of hydrogen-bond donors (Lipinski definition) is 1. The smallest absolute Gasteiger partial charge is 0.227 e. The second-order valence-corrected chi connectivity index (χ2v) is 5.29. The summed E-state index contributed by atoms with van der Waals surface area (Å²) in [5.74, 6) is 0.518. The van der Waals surface area contributed by atoms with Gasteiger partial charge in [-0.2, -0.15) is 0 Å². The summed E-state index contributed by atoms with van der Waals surface area (Å²) >= 11 is 0. The number of nitrogens with one attached hydrogen (secondary N) is 1. The minimum atomic E-state index is -0.283. The predicted octanol–water partition coefficient (Wildman–Crippen LogP) is 3.66. The molecule has 0 aliphatic heterocycles. The van der Waals surface area contributed by atoms with Crippen LogP contribution in [0.25, 0.3) is 0 Å². The summed E-state index contributed by atoms with van der Waals surface area (Å²) in [4.78, 5) is 12.3. The Hall–Kier alpha value is -2.56. The zero-order chi connectivity index (χ0) is 16.8. The lowest BCUT2D eigenvalue weighted by Crippen LogP contribution is -2.22. The molecule has 122 valence electrons. The molecular weight excluding hydrogens is 297 g/mol. The Morgan fingerprint density at radius 2 is 1.83 bits per heavy atom. The van der Waals surface area contributed by atoms with E-state index < -0.39 is 0 Å². The van der Waals surface area contributed by atoms with E-state index in [0.29, 0.717) is 23.6 Å². The highest BCUT2D eigenvalue weighted by Gasteiger charge is 2.16. The van der Waals surface area contributed by atoms with Crippen LogP contribution in [0.1, 0.15) is 12.5 Å². The molecule has 5 heteroatoms. The van der Waals surface area contributed by atoms with Crippen molar-refractivity contribution in [1.82, 2.24) is 0 Å². The van der Waals surface area contributed by atoms with Crippen molar-refractivity contribution < 1.29 is 18.7 Å². The molecule has 1 unspecified atom stereocenters. The number of amides is 1. The molecule has 4 nitrogen and oxygen atoms in total. The van der Waals surface area contributed by atoms with Gasteiger partial charge in [-0.1, -0.05) is 19.1 Å². The predicted molar refractivity (Wildman–Crippen MR) is 87.4 cm³/mol. The van der Waals surface area contributed by atoms with Crippen molar-refractivity contribution in [2.45, 2.75) is 13.3 Å². The van der Waals surface area contributed by atoms with Gasteiger partial charge in [-0.15, -0.1) is 0 Å². The van der Waals surface area contributed by atoms with Crippen LogP contribution in [-0.4, -0.2) is 20.1 Å². The average molecular weight is 317 g/mol. The third-order valence-corrected chi connectivity index (χ3v) is 3.57. The number of anilines is 1. The molecule has 0 bridgehead atoms. The topological polar surface area (TPSA) is 47.6 Å². The number of hydrogen-bond acceptors (Lipinski definition) is 3. The summed E-state index contributed by atoms with van der Waals surface area (Å²) < 4.78 is 23.3. The third-order valence-electron chi connectivity index (χ3n) is 3.57. The zero-order valence-electron chi connectivity index (χ0n) is 13.4. The molecule has 0 radical (unpaired) electrons. The zero-order valence-corrected chi connectivity index (χ0v) is 13.4. The third kappa shape index (κ3) is 4.45. The van der Waals surface area contributed by atoms with Crippen molar-refractivity contribution in [3.63, 3.8) is 0 Å². The summed E-state index contributed by atoms with van der Waals surface area (Å²) in [5, 5.41) is 2.85. The number of benzene rings is 2. The molecule has 0 spiro atoms. The van der Waals surface area contributed by atoms with Crippen LogP contribution in [0.2, 0.25) is 0 Å². The molecule has 23 heavy (non-hydrogen) atoms. The maximum absolute atomic E-state index is 12.9. The molecule has 2 rings (SSSR count). The lowest BCUT2D eigenvalue weighted by Gasteiger charge is -2.15. The molecule has 2 aromatic rings. The number of halogens is 1. The largest absolute Gasteiger partial charge is 0.497 e. The lowest BCUT2D eigenvalue weighted by molar-refractivity contribution is -0.119. The van der Waals surface area contributed by atoms with Gasteiger partial charge in [0, 0.05) is 12.0 Å². The van der Waals surface area contributed by atoms with Crippen LogP contribution in [0.3, 0.4) is 0 Å².